The number of pyridine rings is 1. The second-order valence-electron chi connectivity index (χ2n) is 4.57. The molecule has 0 spiro atoms. The molecule has 0 aliphatic heterocycles. The summed E-state index contributed by atoms with van der Waals surface area (Å²) in [6, 6.07) is 11.6. The van der Waals surface area contributed by atoms with Crippen molar-refractivity contribution >= 4 is 43.4 Å². The van der Waals surface area contributed by atoms with Crippen LogP contribution in [-0.4, -0.2) is 27.8 Å². The molecule has 106 valence electrons. The topological polar surface area (TPSA) is 46.1 Å². The zero-order chi connectivity index (χ0) is 14.8. The van der Waals surface area contributed by atoms with E-state index < -0.39 is 0 Å². The minimum atomic E-state index is -0.123. The van der Waals surface area contributed by atoms with Crippen LogP contribution in [0.2, 0.25) is 0 Å². The van der Waals surface area contributed by atoms with Crippen molar-refractivity contribution in [1.29, 1.82) is 0 Å². The molecular weight excluding hydrogens is 350 g/mol. The minimum Gasteiger partial charge on any atom is -0.334 e. The van der Waals surface area contributed by atoms with Crippen LogP contribution in [0, 0.1) is 0 Å². The van der Waals surface area contributed by atoms with Crippen LogP contribution in [0.25, 0.3) is 10.2 Å². The number of aromatic nitrogens is 2. The second kappa shape index (κ2) is 5.91. The Labute approximate surface area is 134 Å². The molecule has 0 aliphatic rings. The van der Waals surface area contributed by atoms with Crippen LogP contribution in [0.1, 0.15) is 15.5 Å². The van der Waals surface area contributed by atoms with Gasteiger partial charge in [0.2, 0.25) is 0 Å². The van der Waals surface area contributed by atoms with Crippen molar-refractivity contribution in [3.8, 4) is 0 Å². The SMILES string of the molecule is CN(Cc1nc2ccccc2s1)C(=O)c1ncccc1Br. The number of para-hydroxylation sites is 1. The number of rotatable bonds is 3. The Balaban J connectivity index is 1.81. The maximum Gasteiger partial charge on any atom is 0.273 e. The second-order valence-corrected chi connectivity index (χ2v) is 6.54. The molecular formula is C15H12BrN3OS. The first kappa shape index (κ1) is 14.2. The van der Waals surface area contributed by atoms with Gasteiger partial charge in [0.25, 0.3) is 5.91 Å². The minimum absolute atomic E-state index is 0.123. The quantitative estimate of drug-likeness (QED) is 0.713. The molecule has 1 aromatic carbocycles. The van der Waals surface area contributed by atoms with Gasteiger partial charge >= 0.3 is 0 Å². The van der Waals surface area contributed by atoms with Crippen molar-refractivity contribution < 1.29 is 4.79 Å². The summed E-state index contributed by atoms with van der Waals surface area (Å²) in [6.07, 6.45) is 1.61. The fourth-order valence-corrected chi connectivity index (χ4v) is 3.43. The van der Waals surface area contributed by atoms with E-state index in [2.05, 4.69) is 25.9 Å². The Morgan fingerprint density at radius 1 is 1.29 bits per heavy atom. The molecule has 3 aromatic rings. The maximum absolute atomic E-state index is 12.4. The van der Waals surface area contributed by atoms with E-state index in [1.807, 2.05) is 30.3 Å². The summed E-state index contributed by atoms with van der Waals surface area (Å²) in [4.78, 5) is 22.7. The Kier molecular flexibility index (Phi) is 3.98. The number of hydrogen-bond donors (Lipinski definition) is 0. The molecule has 3 rings (SSSR count). The highest BCUT2D eigenvalue weighted by molar-refractivity contribution is 9.10. The van der Waals surface area contributed by atoms with Gasteiger partial charge in [0.05, 0.1) is 16.8 Å². The summed E-state index contributed by atoms with van der Waals surface area (Å²) in [7, 11) is 1.76. The molecule has 0 saturated carbocycles. The van der Waals surface area contributed by atoms with Crippen LogP contribution in [0.5, 0.6) is 0 Å². The lowest BCUT2D eigenvalue weighted by molar-refractivity contribution is 0.0778. The fourth-order valence-electron chi connectivity index (χ4n) is 1.99. The molecule has 0 N–H and O–H groups in total. The number of halogens is 1. The van der Waals surface area contributed by atoms with Gasteiger partial charge in [-0.05, 0) is 40.2 Å². The average Bonchev–Trinajstić information content (AvgIpc) is 2.89. The van der Waals surface area contributed by atoms with Crippen molar-refractivity contribution in [2.24, 2.45) is 0 Å². The number of carbonyl (C=O) groups excluding carboxylic acids is 1. The highest BCUT2D eigenvalue weighted by Gasteiger charge is 2.17. The molecule has 0 fully saturated rings. The molecule has 2 aromatic heterocycles. The van der Waals surface area contributed by atoms with E-state index in [9.17, 15) is 4.79 Å². The van der Waals surface area contributed by atoms with Gasteiger partial charge in [-0.15, -0.1) is 11.3 Å². The van der Waals surface area contributed by atoms with Gasteiger partial charge in [-0.2, -0.15) is 0 Å². The Morgan fingerprint density at radius 3 is 2.86 bits per heavy atom. The molecule has 0 atom stereocenters. The van der Waals surface area contributed by atoms with E-state index in [0.717, 1.165) is 15.2 Å². The number of benzene rings is 1. The van der Waals surface area contributed by atoms with E-state index in [1.165, 1.54) is 0 Å². The number of thiazole rings is 1. The Bertz CT molecular complexity index is 769. The number of nitrogens with zero attached hydrogens (tertiary/aromatic N) is 3. The third-order valence-electron chi connectivity index (χ3n) is 3.02. The van der Waals surface area contributed by atoms with E-state index in [0.29, 0.717) is 16.7 Å². The first-order chi connectivity index (χ1) is 10.1. The van der Waals surface area contributed by atoms with E-state index in [4.69, 9.17) is 0 Å². The molecule has 21 heavy (non-hydrogen) atoms. The Hall–Kier alpha value is -1.79. The van der Waals surface area contributed by atoms with Crippen LogP contribution >= 0.6 is 27.3 Å². The number of fused-ring (bicyclic) bond motifs is 1. The van der Waals surface area contributed by atoms with Gasteiger partial charge in [0.1, 0.15) is 10.7 Å². The van der Waals surface area contributed by atoms with E-state index in [1.54, 1.807) is 35.5 Å². The smallest absolute Gasteiger partial charge is 0.273 e. The molecule has 0 saturated heterocycles. The van der Waals surface area contributed by atoms with Crippen molar-refractivity contribution in [3.63, 3.8) is 0 Å². The Morgan fingerprint density at radius 2 is 2.10 bits per heavy atom. The lowest BCUT2D eigenvalue weighted by Crippen LogP contribution is -2.27. The van der Waals surface area contributed by atoms with Crippen LogP contribution < -0.4 is 0 Å². The largest absolute Gasteiger partial charge is 0.334 e. The number of hydrogen-bond acceptors (Lipinski definition) is 4. The van der Waals surface area contributed by atoms with Crippen molar-refractivity contribution in [1.82, 2.24) is 14.9 Å². The van der Waals surface area contributed by atoms with Crippen molar-refractivity contribution in [2.45, 2.75) is 6.54 Å². The summed E-state index contributed by atoms with van der Waals surface area (Å²) in [5.74, 6) is -0.123. The molecule has 0 unspecified atom stereocenters. The molecule has 0 aliphatic carbocycles. The summed E-state index contributed by atoms with van der Waals surface area (Å²) in [5, 5.41) is 0.916. The zero-order valence-electron chi connectivity index (χ0n) is 11.3. The van der Waals surface area contributed by atoms with Gasteiger partial charge in [0.15, 0.2) is 0 Å². The van der Waals surface area contributed by atoms with Gasteiger partial charge < -0.3 is 4.90 Å². The number of amides is 1. The summed E-state index contributed by atoms with van der Waals surface area (Å²) >= 11 is 4.96. The van der Waals surface area contributed by atoms with Gasteiger partial charge in [-0.1, -0.05) is 12.1 Å². The third-order valence-corrected chi connectivity index (χ3v) is 4.68. The monoisotopic (exact) mass is 361 g/mol. The average molecular weight is 362 g/mol. The summed E-state index contributed by atoms with van der Waals surface area (Å²) < 4.78 is 1.83. The first-order valence-corrected chi connectivity index (χ1v) is 7.96. The van der Waals surface area contributed by atoms with Crippen LogP contribution in [-0.2, 0) is 6.54 Å². The highest BCUT2D eigenvalue weighted by atomic mass is 79.9. The van der Waals surface area contributed by atoms with Crippen molar-refractivity contribution in [2.75, 3.05) is 7.05 Å². The first-order valence-electron chi connectivity index (χ1n) is 6.35. The van der Waals surface area contributed by atoms with Crippen LogP contribution in [0.4, 0.5) is 0 Å². The summed E-state index contributed by atoms with van der Waals surface area (Å²) in [5.41, 5.74) is 1.39. The lowest BCUT2D eigenvalue weighted by Gasteiger charge is -2.15. The van der Waals surface area contributed by atoms with Crippen LogP contribution in [0.15, 0.2) is 47.1 Å². The molecule has 1 amide bonds. The van der Waals surface area contributed by atoms with Gasteiger partial charge in [-0.3, -0.25) is 4.79 Å². The fraction of sp³-hybridized carbons (Fsp3) is 0.133. The van der Waals surface area contributed by atoms with E-state index in [-0.39, 0.29) is 5.91 Å². The van der Waals surface area contributed by atoms with Crippen molar-refractivity contribution in [3.05, 3.63) is 57.8 Å². The third kappa shape index (κ3) is 2.96. The van der Waals surface area contributed by atoms with Gasteiger partial charge in [-0.25, -0.2) is 9.97 Å². The molecule has 6 heteroatoms. The molecule has 2 heterocycles. The molecule has 0 bridgehead atoms. The standard InChI is InChI=1S/C15H12BrN3OS/c1-19(15(20)14-10(16)5-4-8-17-14)9-13-18-11-6-2-3-7-12(11)21-13/h2-8H,9H2,1H3. The maximum atomic E-state index is 12.4. The lowest BCUT2D eigenvalue weighted by atomic mass is 10.3. The van der Waals surface area contributed by atoms with E-state index >= 15 is 0 Å². The number of carbonyl (C=O) groups is 1. The summed E-state index contributed by atoms with van der Waals surface area (Å²) in [6.45, 7) is 0.473. The van der Waals surface area contributed by atoms with Crippen LogP contribution in [0.3, 0.4) is 0 Å². The highest BCUT2D eigenvalue weighted by Crippen LogP contribution is 2.23. The van der Waals surface area contributed by atoms with Gasteiger partial charge in [0, 0.05) is 17.7 Å². The molecule has 4 nitrogen and oxygen atoms in total. The zero-order valence-corrected chi connectivity index (χ0v) is 13.7. The normalized spacial score (nSPS) is 10.8. The predicted octanol–water partition coefficient (Wildman–Crippen LogP) is 3.73. The molecule has 0 radical (unpaired) electrons. The predicted molar refractivity (Wildman–Crippen MR) is 87.4 cm³/mol.